The SMILES string of the molecule is O=C(Nc1cccnc1)C1CC=CCC1. The minimum atomic E-state index is 0.104. The van der Waals surface area contributed by atoms with E-state index in [9.17, 15) is 4.79 Å². The average Bonchev–Trinajstić information content (AvgIpc) is 2.31. The number of rotatable bonds is 2. The van der Waals surface area contributed by atoms with E-state index in [1.165, 1.54) is 0 Å². The van der Waals surface area contributed by atoms with E-state index in [0.717, 1.165) is 24.9 Å². The smallest absolute Gasteiger partial charge is 0.227 e. The van der Waals surface area contributed by atoms with E-state index in [2.05, 4.69) is 22.5 Å². The lowest BCUT2D eigenvalue weighted by molar-refractivity contribution is -0.120. The highest BCUT2D eigenvalue weighted by Gasteiger charge is 2.18. The monoisotopic (exact) mass is 202 g/mol. The minimum absolute atomic E-state index is 0.104. The number of hydrogen-bond donors (Lipinski definition) is 1. The Labute approximate surface area is 89.2 Å². The molecule has 0 saturated carbocycles. The van der Waals surface area contributed by atoms with E-state index >= 15 is 0 Å². The van der Waals surface area contributed by atoms with Gasteiger partial charge in [-0.2, -0.15) is 0 Å². The van der Waals surface area contributed by atoms with E-state index in [0.29, 0.717) is 0 Å². The Balaban J connectivity index is 1.95. The molecule has 0 spiro atoms. The lowest BCUT2D eigenvalue weighted by Crippen LogP contribution is -2.23. The summed E-state index contributed by atoms with van der Waals surface area (Å²) in [4.78, 5) is 15.7. The van der Waals surface area contributed by atoms with Crippen LogP contribution in [-0.2, 0) is 4.79 Å². The van der Waals surface area contributed by atoms with Crippen LogP contribution in [0.5, 0.6) is 0 Å². The molecule has 0 aromatic carbocycles. The van der Waals surface area contributed by atoms with Crippen LogP contribution in [0.15, 0.2) is 36.7 Å². The standard InChI is InChI=1S/C12H14N2O/c15-12(10-5-2-1-3-6-10)14-11-7-4-8-13-9-11/h1-2,4,7-10H,3,5-6H2,(H,14,15). The fourth-order valence-corrected chi connectivity index (χ4v) is 1.71. The summed E-state index contributed by atoms with van der Waals surface area (Å²) in [5.41, 5.74) is 0.775. The van der Waals surface area contributed by atoms with Crippen molar-refractivity contribution in [3.05, 3.63) is 36.7 Å². The number of hydrogen-bond acceptors (Lipinski definition) is 2. The topological polar surface area (TPSA) is 42.0 Å². The van der Waals surface area contributed by atoms with Crippen molar-refractivity contribution in [3.8, 4) is 0 Å². The number of carbonyl (C=O) groups is 1. The molecular weight excluding hydrogens is 188 g/mol. The normalized spacial score (nSPS) is 19.9. The molecule has 2 rings (SSSR count). The summed E-state index contributed by atoms with van der Waals surface area (Å²) in [5.74, 6) is 0.225. The molecule has 1 aliphatic carbocycles. The molecule has 3 nitrogen and oxygen atoms in total. The molecule has 1 N–H and O–H groups in total. The Morgan fingerprint density at radius 2 is 2.40 bits per heavy atom. The van der Waals surface area contributed by atoms with Gasteiger partial charge in [-0.3, -0.25) is 9.78 Å². The van der Waals surface area contributed by atoms with Gasteiger partial charge in [0.2, 0.25) is 5.91 Å². The first-order valence-electron chi connectivity index (χ1n) is 5.22. The Hall–Kier alpha value is -1.64. The van der Waals surface area contributed by atoms with Crippen LogP contribution in [0.25, 0.3) is 0 Å². The first-order valence-corrected chi connectivity index (χ1v) is 5.22. The van der Waals surface area contributed by atoms with Gasteiger partial charge in [-0.15, -0.1) is 0 Å². The van der Waals surface area contributed by atoms with Crippen molar-refractivity contribution in [3.63, 3.8) is 0 Å². The predicted molar refractivity (Wildman–Crippen MR) is 59.3 cm³/mol. The van der Waals surface area contributed by atoms with Gasteiger partial charge in [-0.05, 0) is 31.4 Å². The van der Waals surface area contributed by atoms with Gasteiger partial charge in [0.15, 0.2) is 0 Å². The molecule has 1 aliphatic rings. The Morgan fingerprint density at radius 3 is 3.07 bits per heavy atom. The van der Waals surface area contributed by atoms with Gasteiger partial charge in [-0.1, -0.05) is 12.2 Å². The van der Waals surface area contributed by atoms with Gasteiger partial charge in [0.25, 0.3) is 0 Å². The minimum Gasteiger partial charge on any atom is -0.324 e. The fraction of sp³-hybridized carbons (Fsp3) is 0.333. The van der Waals surface area contributed by atoms with Crippen molar-refractivity contribution in [2.24, 2.45) is 5.92 Å². The zero-order chi connectivity index (χ0) is 10.5. The van der Waals surface area contributed by atoms with Crippen LogP contribution in [0, 0.1) is 5.92 Å². The quantitative estimate of drug-likeness (QED) is 0.748. The summed E-state index contributed by atoms with van der Waals surface area (Å²) in [6.07, 6.45) is 10.4. The molecule has 0 bridgehead atoms. The molecule has 0 radical (unpaired) electrons. The van der Waals surface area contributed by atoms with Crippen LogP contribution in [-0.4, -0.2) is 10.9 Å². The molecule has 1 heterocycles. The summed E-state index contributed by atoms with van der Waals surface area (Å²) < 4.78 is 0. The zero-order valence-electron chi connectivity index (χ0n) is 8.52. The van der Waals surface area contributed by atoms with E-state index in [1.807, 2.05) is 12.1 Å². The third-order valence-corrected chi connectivity index (χ3v) is 2.57. The van der Waals surface area contributed by atoms with Crippen molar-refractivity contribution >= 4 is 11.6 Å². The molecular formula is C12H14N2O. The highest BCUT2D eigenvalue weighted by Crippen LogP contribution is 2.19. The molecule has 0 fully saturated rings. The second kappa shape index (κ2) is 4.73. The molecule has 0 aliphatic heterocycles. The number of nitrogens with zero attached hydrogens (tertiary/aromatic N) is 1. The van der Waals surface area contributed by atoms with Crippen molar-refractivity contribution in [1.82, 2.24) is 4.98 Å². The number of amides is 1. The maximum absolute atomic E-state index is 11.8. The van der Waals surface area contributed by atoms with Crippen molar-refractivity contribution in [1.29, 1.82) is 0 Å². The maximum Gasteiger partial charge on any atom is 0.227 e. The predicted octanol–water partition coefficient (Wildman–Crippen LogP) is 2.38. The zero-order valence-corrected chi connectivity index (χ0v) is 8.52. The molecule has 1 aromatic rings. The van der Waals surface area contributed by atoms with E-state index in [-0.39, 0.29) is 11.8 Å². The molecule has 1 aromatic heterocycles. The van der Waals surface area contributed by atoms with Gasteiger partial charge in [0.1, 0.15) is 0 Å². The number of carbonyl (C=O) groups excluding carboxylic acids is 1. The van der Waals surface area contributed by atoms with E-state index in [4.69, 9.17) is 0 Å². The second-order valence-electron chi connectivity index (χ2n) is 3.71. The van der Waals surface area contributed by atoms with Crippen molar-refractivity contribution in [2.45, 2.75) is 19.3 Å². The van der Waals surface area contributed by atoms with Gasteiger partial charge >= 0.3 is 0 Å². The van der Waals surface area contributed by atoms with Crippen LogP contribution in [0.3, 0.4) is 0 Å². The van der Waals surface area contributed by atoms with Gasteiger partial charge in [-0.25, -0.2) is 0 Å². The number of aromatic nitrogens is 1. The summed E-state index contributed by atoms with van der Waals surface area (Å²) in [7, 11) is 0. The molecule has 15 heavy (non-hydrogen) atoms. The highest BCUT2D eigenvalue weighted by molar-refractivity contribution is 5.92. The largest absolute Gasteiger partial charge is 0.324 e. The summed E-state index contributed by atoms with van der Waals surface area (Å²) in [6.45, 7) is 0. The van der Waals surface area contributed by atoms with E-state index in [1.54, 1.807) is 12.4 Å². The second-order valence-corrected chi connectivity index (χ2v) is 3.71. The third kappa shape index (κ3) is 2.65. The summed E-state index contributed by atoms with van der Waals surface area (Å²) in [5, 5.41) is 2.88. The van der Waals surface area contributed by atoms with Crippen LogP contribution < -0.4 is 5.32 Å². The first kappa shape index (κ1) is 9.90. The Kier molecular flexibility index (Phi) is 3.12. The molecule has 3 heteroatoms. The lowest BCUT2D eigenvalue weighted by atomic mass is 9.93. The number of anilines is 1. The third-order valence-electron chi connectivity index (χ3n) is 2.57. The van der Waals surface area contributed by atoms with Crippen LogP contribution >= 0.6 is 0 Å². The Bertz CT molecular complexity index is 359. The summed E-state index contributed by atoms with van der Waals surface area (Å²) in [6, 6.07) is 3.67. The molecule has 0 saturated heterocycles. The maximum atomic E-state index is 11.8. The van der Waals surface area contributed by atoms with Crippen LogP contribution in [0.1, 0.15) is 19.3 Å². The number of pyridine rings is 1. The molecule has 1 unspecified atom stereocenters. The van der Waals surface area contributed by atoms with Crippen molar-refractivity contribution < 1.29 is 4.79 Å². The number of nitrogens with one attached hydrogen (secondary N) is 1. The van der Waals surface area contributed by atoms with Crippen molar-refractivity contribution in [2.75, 3.05) is 5.32 Å². The molecule has 1 amide bonds. The number of allylic oxidation sites excluding steroid dienone is 2. The van der Waals surface area contributed by atoms with E-state index < -0.39 is 0 Å². The molecule has 1 atom stereocenters. The van der Waals surface area contributed by atoms with Gasteiger partial charge < -0.3 is 5.32 Å². The average molecular weight is 202 g/mol. The molecule has 78 valence electrons. The van der Waals surface area contributed by atoms with Crippen LogP contribution in [0.2, 0.25) is 0 Å². The fourth-order valence-electron chi connectivity index (χ4n) is 1.71. The van der Waals surface area contributed by atoms with Gasteiger partial charge in [0, 0.05) is 12.1 Å². The van der Waals surface area contributed by atoms with Crippen LogP contribution in [0.4, 0.5) is 5.69 Å². The Morgan fingerprint density at radius 1 is 1.47 bits per heavy atom. The lowest BCUT2D eigenvalue weighted by Gasteiger charge is -2.16. The highest BCUT2D eigenvalue weighted by atomic mass is 16.1. The summed E-state index contributed by atoms with van der Waals surface area (Å²) >= 11 is 0. The van der Waals surface area contributed by atoms with Gasteiger partial charge in [0.05, 0.1) is 11.9 Å². The first-order chi connectivity index (χ1) is 7.36.